The van der Waals surface area contributed by atoms with Crippen molar-refractivity contribution in [3.63, 3.8) is 0 Å². The number of amides is 1. The van der Waals surface area contributed by atoms with Crippen LogP contribution >= 0.6 is 0 Å². The Morgan fingerprint density at radius 3 is 2.18 bits per heavy atom. The number of hydrazone groups is 1. The van der Waals surface area contributed by atoms with Crippen LogP contribution in [0.1, 0.15) is 46.8 Å². The zero-order valence-electron chi connectivity index (χ0n) is 22.9. The number of allylic oxidation sites excluding steroid dienone is 1. The molecule has 2 aliphatic rings. The van der Waals surface area contributed by atoms with Crippen molar-refractivity contribution in [2.75, 3.05) is 45.1 Å². The molecule has 0 N–H and O–H groups in total. The van der Waals surface area contributed by atoms with Gasteiger partial charge in [0.1, 0.15) is 5.75 Å². The molecule has 1 heterocycles. The summed E-state index contributed by atoms with van der Waals surface area (Å²) in [7, 11) is 9.76. The molecule has 0 spiro atoms. The third kappa shape index (κ3) is 4.91. The molecule has 1 saturated carbocycles. The van der Waals surface area contributed by atoms with E-state index in [-0.39, 0.29) is 17.9 Å². The zero-order chi connectivity index (χ0) is 26.8. The number of fused-ring (bicyclic) bond motifs is 1. The highest BCUT2D eigenvalue weighted by molar-refractivity contribution is 6.09. The van der Waals surface area contributed by atoms with E-state index in [1.54, 1.807) is 12.1 Å². The third-order valence-corrected chi connectivity index (χ3v) is 7.55. The summed E-state index contributed by atoms with van der Waals surface area (Å²) < 4.78 is 5.54. The molecule has 1 fully saturated rings. The molecule has 6 heteroatoms. The Morgan fingerprint density at radius 2 is 1.55 bits per heavy atom. The minimum atomic E-state index is -0.168. The molecule has 0 radical (unpaired) electrons. The van der Waals surface area contributed by atoms with Crippen molar-refractivity contribution in [2.24, 2.45) is 11.0 Å². The van der Waals surface area contributed by atoms with Crippen molar-refractivity contribution < 1.29 is 9.53 Å². The number of ether oxygens (including phenoxy) is 1. The van der Waals surface area contributed by atoms with Crippen LogP contribution in [0.2, 0.25) is 0 Å². The second-order valence-corrected chi connectivity index (χ2v) is 10.4. The van der Waals surface area contributed by atoms with Crippen LogP contribution in [0.3, 0.4) is 0 Å². The Labute approximate surface area is 225 Å². The Balaban J connectivity index is 1.56. The van der Waals surface area contributed by atoms with Gasteiger partial charge in [-0.3, -0.25) is 4.79 Å². The maximum atomic E-state index is 14.0. The number of hydrogen-bond donors (Lipinski definition) is 0. The Bertz CT molecular complexity index is 1360. The van der Waals surface area contributed by atoms with E-state index in [4.69, 9.17) is 9.84 Å². The summed E-state index contributed by atoms with van der Waals surface area (Å²) in [4.78, 5) is 18.2. The molecule has 3 aromatic rings. The summed E-state index contributed by atoms with van der Waals surface area (Å²) >= 11 is 0. The molecule has 0 bridgehead atoms. The van der Waals surface area contributed by atoms with Crippen molar-refractivity contribution in [3.8, 4) is 5.75 Å². The lowest BCUT2D eigenvalue weighted by Gasteiger charge is -2.30. The monoisotopic (exact) mass is 508 g/mol. The smallest absolute Gasteiger partial charge is 0.278 e. The first kappa shape index (κ1) is 25.6. The van der Waals surface area contributed by atoms with Crippen LogP contribution in [0, 0.1) is 5.92 Å². The van der Waals surface area contributed by atoms with Gasteiger partial charge >= 0.3 is 0 Å². The minimum absolute atomic E-state index is 0.138. The molecule has 196 valence electrons. The second-order valence-electron chi connectivity index (χ2n) is 10.4. The first-order valence-corrected chi connectivity index (χ1v) is 13.2. The number of para-hydroxylation sites is 1. The van der Waals surface area contributed by atoms with Gasteiger partial charge in [-0.15, -0.1) is 0 Å². The number of benzene rings is 3. The van der Waals surface area contributed by atoms with Gasteiger partial charge in [0, 0.05) is 45.5 Å². The zero-order valence-corrected chi connectivity index (χ0v) is 22.9. The number of hydrogen-bond acceptors (Lipinski definition) is 5. The highest BCUT2D eigenvalue weighted by atomic mass is 16.5. The summed E-state index contributed by atoms with van der Waals surface area (Å²) in [5.41, 5.74) is 7.30. The van der Waals surface area contributed by atoms with Crippen LogP contribution in [0.4, 0.5) is 11.4 Å². The Morgan fingerprint density at radius 1 is 0.921 bits per heavy atom. The van der Waals surface area contributed by atoms with Crippen LogP contribution in [-0.4, -0.2) is 51.9 Å². The fourth-order valence-electron chi connectivity index (χ4n) is 5.49. The van der Waals surface area contributed by atoms with E-state index in [1.807, 2.05) is 52.5 Å². The molecule has 6 nitrogen and oxygen atoms in total. The molecule has 38 heavy (non-hydrogen) atoms. The largest absolute Gasteiger partial charge is 0.496 e. The normalized spacial score (nSPS) is 19.7. The number of anilines is 2. The fraction of sp³-hybridized carbons (Fsp3) is 0.312. The topological polar surface area (TPSA) is 48.4 Å². The molecule has 0 aromatic heterocycles. The number of nitrogens with zero attached hydrogens (tertiary/aromatic N) is 4. The van der Waals surface area contributed by atoms with Crippen molar-refractivity contribution in [1.82, 2.24) is 5.01 Å². The van der Waals surface area contributed by atoms with Crippen molar-refractivity contribution >= 4 is 29.1 Å². The lowest BCUT2D eigenvalue weighted by molar-refractivity contribution is 0.0677. The van der Waals surface area contributed by atoms with Gasteiger partial charge in [-0.2, -0.15) is 5.10 Å². The van der Waals surface area contributed by atoms with Gasteiger partial charge in [-0.05, 0) is 78.4 Å². The first-order valence-electron chi connectivity index (χ1n) is 13.2. The van der Waals surface area contributed by atoms with E-state index >= 15 is 0 Å². The van der Waals surface area contributed by atoms with Gasteiger partial charge in [-0.1, -0.05) is 36.4 Å². The van der Waals surface area contributed by atoms with Gasteiger partial charge in [0.25, 0.3) is 5.91 Å². The lowest BCUT2D eigenvalue weighted by Crippen LogP contribution is -2.32. The predicted molar refractivity (Wildman–Crippen MR) is 156 cm³/mol. The lowest BCUT2D eigenvalue weighted by atomic mass is 9.77. The molecule has 0 saturated heterocycles. The van der Waals surface area contributed by atoms with Gasteiger partial charge in [0.05, 0.1) is 24.4 Å². The molecular weight excluding hydrogens is 472 g/mol. The SMILES string of the molecule is COc1ccccc1C(=O)N1N=C2/C(=C/c3ccc(N(C)C)cc3)CCC[C@@H]2[C@@H]1c1ccc(N(C)C)cc1. The van der Waals surface area contributed by atoms with Gasteiger partial charge < -0.3 is 14.5 Å². The number of carbonyl (C=O) groups excluding carboxylic acids is 1. The van der Waals surface area contributed by atoms with Crippen molar-refractivity contribution in [1.29, 1.82) is 0 Å². The van der Waals surface area contributed by atoms with Crippen molar-refractivity contribution in [3.05, 3.63) is 95.1 Å². The first-order chi connectivity index (χ1) is 18.4. The molecule has 1 aliphatic carbocycles. The highest BCUT2D eigenvalue weighted by Crippen LogP contribution is 2.45. The molecular formula is C32H36N4O2. The average molecular weight is 509 g/mol. The average Bonchev–Trinajstić information content (AvgIpc) is 3.33. The molecule has 3 aromatic carbocycles. The van der Waals surface area contributed by atoms with E-state index < -0.39 is 0 Å². The minimum Gasteiger partial charge on any atom is -0.496 e. The maximum absolute atomic E-state index is 14.0. The Kier molecular flexibility index (Phi) is 7.23. The summed E-state index contributed by atoms with van der Waals surface area (Å²) in [6, 6.07) is 24.3. The van der Waals surface area contributed by atoms with Crippen LogP contribution in [-0.2, 0) is 0 Å². The summed E-state index contributed by atoms with van der Waals surface area (Å²) in [6.07, 6.45) is 5.25. The summed E-state index contributed by atoms with van der Waals surface area (Å²) in [5, 5.41) is 6.76. The number of rotatable bonds is 6. The molecule has 5 rings (SSSR count). The van der Waals surface area contributed by atoms with Gasteiger partial charge in [-0.25, -0.2) is 5.01 Å². The van der Waals surface area contributed by atoms with Crippen LogP contribution < -0.4 is 14.5 Å². The van der Waals surface area contributed by atoms with Crippen LogP contribution in [0.15, 0.2) is 83.5 Å². The third-order valence-electron chi connectivity index (χ3n) is 7.55. The molecule has 1 amide bonds. The van der Waals surface area contributed by atoms with E-state index in [2.05, 4.69) is 64.4 Å². The second kappa shape index (κ2) is 10.7. The standard InChI is InChI=1S/C32H36N4O2/c1-34(2)25-17-13-22(14-18-25)21-24-9-8-11-28-30(24)33-36(32(37)27-10-6-7-12-29(27)38-5)31(28)23-15-19-26(20-16-23)35(3)4/h6-7,10,12-21,28,31H,8-9,11H2,1-5H3/b24-21+/t28-,31-/m0/s1. The molecule has 1 aliphatic heterocycles. The predicted octanol–water partition coefficient (Wildman–Crippen LogP) is 6.26. The summed E-state index contributed by atoms with van der Waals surface area (Å²) in [6.45, 7) is 0. The Hall–Kier alpha value is -4.06. The quantitative estimate of drug-likeness (QED) is 0.394. The van der Waals surface area contributed by atoms with E-state index in [0.717, 1.165) is 41.8 Å². The van der Waals surface area contributed by atoms with E-state index in [0.29, 0.717) is 11.3 Å². The van der Waals surface area contributed by atoms with Crippen LogP contribution in [0.25, 0.3) is 6.08 Å². The summed E-state index contributed by atoms with van der Waals surface area (Å²) in [5.74, 6) is 0.562. The van der Waals surface area contributed by atoms with Crippen molar-refractivity contribution in [2.45, 2.75) is 25.3 Å². The van der Waals surface area contributed by atoms with E-state index in [9.17, 15) is 4.79 Å². The maximum Gasteiger partial charge on any atom is 0.278 e. The number of carbonyl (C=O) groups is 1. The molecule has 2 atom stereocenters. The van der Waals surface area contributed by atoms with E-state index in [1.165, 1.54) is 11.3 Å². The number of methoxy groups -OCH3 is 1. The molecule has 0 unspecified atom stereocenters. The van der Waals surface area contributed by atoms with Gasteiger partial charge in [0.2, 0.25) is 0 Å². The van der Waals surface area contributed by atoms with Crippen LogP contribution in [0.5, 0.6) is 5.75 Å². The van der Waals surface area contributed by atoms with Gasteiger partial charge in [0.15, 0.2) is 0 Å². The highest BCUT2D eigenvalue weighted by Gasteiger charge is 2.44. The fourth-order valence-corrected chi connectivity index (χ4v) is 5.49.